The van der Waals surface area contributed by atoms with Crippen molar-refractivity contribution in [1.29, 1.82) is 0 Å². The van der Waals surface area contributed by atoms with Crippen LogP contribution in [0.5, 0.6) is 5.75 Å². The summed E-state index contributed by atoms with van der Waals surface area (Å²) in [4.78, 5) is 66.6. The van der Waals surface area contributed by atoms with E-state index in [2.05, 4.69) is 0 Å². The maximum Gasteiger partial charge on any atom is 0.235 e. The Hall–Kier alpha value is -3.15. The number of aromatic hydroxyl groups is 1. The van der Waals surface area contributed by atoms with E-state index in [0.29, 0.717) is 0 Å². The van der Waals surface area contributed by atoms with Crippen LogP contribution in [-0.2, 0) is 19.2 Å². The molecule has 11 heteroatoms. The number of primary amides is 1. The molecule has 0 heterocycles. The standard InChI is InChI=1S/C22H25N3O8/c1-6-9-7(23)4-5-8(26)11(9)16(27)12-10(6)17(28)14-15(25(2)3)18(29)13(21(24)32)20(31)22(14,33)19(12)30/h4-6,10,12-15,17,26,28,33H,23H2,1-3H3,(H2,24,32)/t6-,10+,12?,13?,14+,15-,17-,22-/m1/s1. The zero-order valence-electron chi connectivity index (χ0n) is 18.2. The number of aliphatic hydroxyl groups is 2. The van der Waals surface area contributed by atoms with E-state index in [1.807, 2.05) is 0 Å². The van der Waals surface area contributed by atoms with E-state index in [1.54, 1.807) is 6.92 Å². The molecule has 3 aliphatic rings. The third-order valence-corrected chi connectivity index (χ3v) is 7.50. The summed E-state index contributed by atoms with van der Waals surface area (Å²) in [5, 5.41) is 33.2. The number of rotatable bonds is 2. The minimum absolute atomic E-state index is 0.163. The molecule has 2 fully saturated rings. The van der Waals surface area contributed by atoms with Gasteiger partial charge in [0.2, 0.25) is 5.91 Å². The number of hydrogen-bond donors (Lipinski definition) is 5. The molecule has 1 amide bonds. The molecule has 0 saturated heterocycles. The van der Waals surface area contributed by atoms with Crippen LogP contribution in [0, 0.1) is 23.7 Å². The highest BCUT2D eigenvalue weighted by Gasteiger charge is 2.72. The number of Topliss-reactive ketones (excluding diaryl/α,β-unsaturated/α-hetero) is 4. The van der Waals surface area contributed by atoms with Gasteiger partial charge in [-0.1, -0.05) is 6.92 Å². The predicted molar refractivity (Wildman–Crippen MR) is 112 cm³/mol. The van der Waals surface area contributed by atoms with E-state index < -0.39 is 82.1 Å². The number of hydrogen-bond acceptors (Lipinski definition) is 10. The van der Waals surface area contributed by atoms with Crippen molar-refractivity contribution in [2.75, 3.05) is 19.8 Å². The number of nitrogens with two attached hydrogens (primary N) is 2. The van der Waals surface area contributed by atoms with Crippen LogP contribution in [0.2, 0.25) is 0 Å². The molecule has 4 rings (SSSR count). The smallest absolute Gasteiger partial charge is 0.235 e. The fourth-order valence-corrected chi connectivity index (χ4v) is 6.10. The van der Waals surface area contributed by atoms with Gasteiger partial charge in [-0.2, -0.15) is 0 Å². The third kappa shape index (κ3) is 2.69. The highest BCUT2D eigenvalue weighted by atomic mass is 16.3. The van der Waals surface area contributed by atoms with E-state index >= 15 is 0 Å². The number of amides is 1. The largest absolute Gasteiger partial charge is 0.507 e. The van der Waals surface area contributed by atoms with E-state index in [0.717, 1.165) is 0 Å². The zero-order valence-corrected chi connectivity index (χ0v) is 18.2. The van der Waals surface area contributed by atoms with E-state index in [9.17, 15) is 39.3 Å². The molecular formula is C22H25N3O8. The number of carbonyl (C=O) groups is 5. The minimum atomic E-state index is -3.01. The SMILES string of the molecule is C[C@@H]1c2c(N)ccc(O)c2C(=O)C2C(=O)[C@@]3(O)C(=O)C(C(N)=O)C(=O)[C@H](N(C)C)[C@H]3[C@H](O)[C@H]21. The van der Waals surface area contributed by atoms with Crippen molar-refractivity contribution in [3.05, 3.63) is 23.3 Å². The molecule has 2 unspecified atom stereocenters. The summed E-state index contributed by atoms with van der Waals surface area (Å²) >= 11 is 0. The van der Waals surface area contributed by atoms with Crippen LogP contribution in [0.3, 0.4) is 0 Å². The summed E-state index contributed by atoms with van der Waals surface area (Å²) in [5.74, 6) is -13.7. The van der Waals surface area contributed by atoms with Crippen molar-refractivity contribution < 1.29 is 39.3 Å². The summed E-state index contributed by atoms with van der Waals surface area (Å²) < 4.78 is 0. The first kappa shape index (κ1) is 23.0. The van der Waals surface area contributed by atoms with Crippen molar-refractivity contribution in [2.24, 2.45) is 29.4 Å². The number of aliphatic hydroxyl groups excluding tert-OH is 1. The molecule has 8 atom stereocenters. The number of likely N-dealkylation sites (N-methyl/N-ethyl adjacent to an activating group) is 1. The number of fused-ring (bicyclic) bond motifs is 3. The number of nitrogens with zero attached hydrogens (tertiary/aromatic N) is 1. The summed E-state index contributed by atoms with van der Waals surface area (Å²) in [6.45, 7) is 1.60. The topological polar surface area (TPSA) is 201 Å². The summed E-state index contributed by atoms with van der Waals surface area (Å²) in [6, 6.07) is 1.17. The van der Waals surface area contributed by atoms with Crippen LogP contribution in [0.1, 0.15) is 28.8 Å². The number of carbonyl (C=O) groups excluding carboxylic acids is 5. The lowest BCUT2D eigenvalue weighted by molar-refractivity contribution is -0.196. The van der Waals surface area contributed by atoms with Gasteiger partial charge in [-0.25, -0.2) is 0 Å². The summed E-state index contributed by atoms with van der Waals surface area (Å²) in [6.07, 6.45) is -1.68. The summed E-state index contributed by atoms with van der Waals surface area (Å²) in [7, 11) is 2.86. The molecule has 0 spiro atoms. The highest BCUT2D eigenvalue weighted by molar-refractivity contribution is 6.32. The number of nitrogen functional groups attached to an aromatic ring is 1. The van der Waals surface area contributed by atoms with Gasteiger partial charge in [-0.3, -0.25) is 28.9 Å². The van der Waals surface area contributed by atoms with Crippen LogP contribution in [0.15, 0.2) is 12.1 Å². The number of phenols is 1. The number of ketones is 4. The van der Waals surface area contributed by atoms with Gasteiger partial charge in [0.15, 0.2) is 34.7 Å². The van der Waals surface area contributed by atoms with Crippen molar-refractivity contribution in [3.8, 4) is 5.75 Å². The first-order valence-corrected chi connectivity index (χ1v) is 10.4. The Morgan fingerprint density at radius 1 is 1.12 bits per heavy atom. The van der Waals surface area contributed by atoms with Gasteiger partial charge in [-0.15, -0.1) is 0 Å². The molecule has 176 valence electrons. The van der Waals surface area contributed by atoms with Crippen molar-refractivity contribution in [2.45, 2.75) is 30.6 Å². The van der Waals surface area contributed by atoms with Gasteiger partial charge in [0, 0.05) is 11.6 Å². The Kier molecular flexibility index (Phi) is 5.00. The van der Waals surface area contributed by atoms with Gasteiger partial charge in [0.05, 0.1) is 29.5 Å². The predicted octanol–water partition coefficient (Wildman–Crippen LogP) is -2.02. The first-order valence-electron chi connectivity index (χ1n) is 10.4. The molecule has 2 saturated carbocycles. The highest BCUT2D eigenvalue weighted by Crippen LogP contribution is 2.55. The van der Waals surface area contributed by atoms with Crippen molar-refractivity contribution in [3.63, 3.8) is 0 Å². The molecule has 1 aromatic carbocycles. The van der Waals surface area contributed by atoms with Crippen LogP contribution in [0.25, 0.3) is 0 Å². The van der Waals surface area contributed by atoms with Gasteiger partial charge >= 0.3 is 0 Å². The Morgan fingerprint density at radius 2 is 1.73 bits per heavy atom. The second-order valence-electron chi connectivity index (χ2n) is 9.33. The van der Waals surface area contributed by atoms with E-state index in [1.165, 1.54) is 31.1 Å². The Balaban J connectivity index is 1.98. The average molecular weight is 459 g/mol. The molecule has 33 heavy (non-hydrogen) atoms. The van der Waals surface area contributed by atoms with Crippen LogP contribution >= 0.6 is 0 Å². The fraction of sp³-hybridized carbons (Fsp3) is 0.500. The van der Waals surface area contributed by atoms with Crippen molar-refractivity contribution >= 4 is 34.7 Å². The second-order valence-corrected chi connectivity index (χ2v) is 9.33. The van der Waals surface area contributed by atoms with E-state index in [4.69, 9.17) is 11.5 Å². The Labute approximate surface area is 188 Å². The number of phenolic OH excluding ortho intramolecular Hbond substituents is 1. The lowest BCUT2D eigenvalue weighted by Gasteiger charge is -2.56. The van der Waals surface area contributed by atoms with Gasteiger partial charge in [0.1, 0.15) is 5.75 Å². The van der Waals surface area contributed by atoms with Gasteiger partial charge in [0.25, 0.3) is 0 Å². The minimum Gasteiger partial charge on any atom is -0.507 e. The number of anilines is 1. The maximum absolute atomic E-state index is 13.7. The van der Waals surface area contributed by atoms with E-state index in [-0.39, 0.29) is 16.8 Å². The van der Waals surface area contributed by atoms with Crippen LogP contribution in [0.4, 0.5) is 5.69 Å². The molecule has 3 aliphatic carbocycles. The lowest BCUT2D eigenvalue weighted by Crippen LogP contribution is -2.77. The monoisotopic (exact) mass is 459 g/mol. The molecule has 0 aromatic heterocycles. The Morgan fingerprint density at radius 3 is 2.27 bits per heavy atom. The molecule has 0 radical (unpaired) electrons. The third-order valence-electron chi connectivity index (χ3n) is 7.50. The number of benzene rings is 1. The van der Waals surface area contributed by atoms with Gasteiger partial charge < -0.3 is 26.8 Å². The van der Waals surface area contributed by atoms with Crippen LogP contribution in [-0.4, -0.2) is 81.1 Å². The fourth-order valence-electron chi connectivity index (χ4n) is 6.10. The zero-order chi connectivity index (χ0) is 24.7. The normalized spacial score (nSPS) is 38.1. The first-order chi connectivity index (χ1) is 15.3. The molecule has 0 aliphatic heterocycles. The average Bonchev–Trinajstić information content (AvgIpc) is 2.72. The van der Waals surface area contributed by atoms with Crippen LogP contribution < -0.4 is 11.5 Å². The molecule has 11 nitrogen and oxygen atoms in total. The maximum atomic E-state index is 13.7. The summed E-state index contributed by atoms with van der Waals surface area (Å²) in [5.41, 5.74) is 8.47. The van der Waals surface area contributed by atoms with Crippen molar-refractivity contribution in [1.82, 2.24) is 4.90 Å². The molecule has 7 N–H and O–H groups in total. The second kappa shape index (κ2) is 7.17. The Bertz CT molecular complexity index is 1130. The van der Waals surface area contributed by atoms with Gasteiger partial charge in [-0.05, 0) is 37.7 Å². The molecule has 1 aromatic rings. The quantitative estimate of drug-likeness (QED) is 0.187. The lowest BCUT2D eigenvalue weighted by atomic mass is 9.49. The molecular weight excluding hydrogens is 434 g/mol. The molecule has 0 bridgehead atoms.